The molecule has 1 aliphatic heterocycles. The molecule has 2 N–H and O–H groups in total. The van der Waals surface area contributed by atoms with Crippen LogP contribution in [0.3, 0.4) is 0 Å². The van der Waals surface area contributed by atoms with Crippen LogP contribution >= 0.6 is 11.6 Å². The minimum Gasteiger partial charge on any atom is -0.508 e. The molecule has 2 heterocycles. The Morgan fingerprint density at radius 2 is 1.90 bits per heavy atom. The van der Waals surface area contributed by atoms with E-state index in [4.69, 9.17) is 21.3 Å². The van der Waals surface area contributed by atoms with Crippen LogP contribution < -0.4 is 9.64 Å². The first-order valence-electron chi connectivity index (χ1n) is 14.3. The molecule has 2 saturated carbocycles. The lowest BCUT2D eigenvalue weighted by Gasteiger charge is -2.33. The van der Waals surface area contributed by atoms with Crippen molar-refractivity contribution in [3.63, 3.8) is 0 Å². The highest BCUT2D eigenvalue weighted by Crippen LogP contribution is 2.47. The van der Waals surface area contributed by atoms with Gasteiger partial charge in [-0.2, -0.15) is 9.97 Å². The number of benzene rings is 3. The number of aliphatic hydroxyl groups excluding tert-OH is 1. The van der Waals surface area contributed by atoms with Gasteiger partial charge in [-0.25, -0.2) is 4.39 Å². The van der Waals surface area contributed by atoms with Crippen LogP contribution in [-0.4, -0.2) is 71.5 Å². The molecule has 3 atom stereocenters. The van der Waals surface area contributed by atoms with Crippen molar-refractivity contribution in [1.29, 1.82) is 0 Å². The summed E-state index contributed by atoms with van der Waals surface area (Å²) in [6.45, 7) is 2.71. The van der Waals surface area contributed by atoms with Crippen LogP contribution in [0.25, 0.3) is 32.8 Å². The Labute approximate surface area is 243 Å². The van der Waals surface area contributed by atoms with Gasteiger partial charge in [0.2, 0.25) is 0 Å². The molecule has 3 fully saturated rings. The van der Waals surface area contributed by atoms with Crippen LogP contribution in [0.5, 0.6) is 11.8 Å². The average Bonchev–Trinajstić information content (AvgIpc) is 3.64. The van der Waals surface area contributed by atoms with Crippen LogP contribution in [-0.2, 0) is 0 Å². The van der Waals surface area contributed by atoms with Gasteiger partial charge in [0.25, 0.3) is 0 Å². The van der Waals surface area contributed by atoms with Gasteiger partial charge in [0.15, 0.2) is 5.82 Å². The molecule has 0 spiro atoms. The lowest BCUT2D eigenvalue weighted by Crippen LogP contribution is -2.38. The number of piperidine rings is 1. The standard InChI is InChI=1S/C32H34ClFN4O3/c1-37(2)16-32(7-8-32)17-41-31-35-29-24(30(36-31)38-14-18-9-20(15-38)26(40)10-18)13-25(33)27(28(29)34)23-12-21(39)11-19-5-3-4-6-22(19)23/h3-6,11-13,18,20,26,39-40H,7-10,14-17H2,1-2H3. The summed E-state index contributed by atoms with van der Waals surface area (Å²) in [5.74, 6) is 0.535. The number of ether oxygens (including phenoxy) is 1. The van der Waals surface area contributed by atoms with Crippen molar-refractivity contribution in [3.05, 3.63) is 53.3 Å². The maximum absolute atomic E-state index is 16.7. The molecule has 3 aliphatic rings. The summed E-state index contributed by atoms with van der Waals surface area (Å²) in [6.07, 6.45) is 3.56. The Morgan fingerprint density at radius 3 is 2.66 bits per heavy atom. The van der Waals surface area contributed by atoms with Gasteiger partial charge in [-0.15, -0.1) is 0 Å². The van der Waals surface area contributed by atoms with E-state index in [1.54, 1.807) is 18.2 Å². The van der Waals surface area contributed by atoms with Crippen molar-refractivity contribution in [3.8, 4) is 22.9 Å². The zero-order chi connectivity index (χ0) is 28.5. The molecule has 214 valence electrons. The number of anilines is 1. The number of phenolic OH excluding ortho intramolecular Hbond substituents is 1. The number of aromatic nitrogens is 2. The first-order valence-corrected chi connectivity index (χ1v) is 14.7. The van der Waals surface area contributed by atoms with Crippen molar-refractivity contribution < 1.29 is 19.3 Å². The van der Waals surface area contributed by atoms with Crippen molar-refractivity contribution >= 4 is 39.1 Å². The zero-order valence-electron chi connectivity index (χ0n) is 23.3. The summed E-state index contributed by atoms with van der Waals surface area (Å²) in [4.78, 5) is 13.8. The monoisotopic (exact) mass is 576 g/mol. The fraction of sp³-hybridized carbons (Fsp3) is 0.438. The number of hydrogen-bond donors (Lipinski definition) is 2. The summed E-state index contributed by atoms with van der Waals surface area (Å²) in [5.41, 5.74) is 0.866. The van der Waals surface area contributed by atoms with Gasteiger partial charge in [0.05, 0.1) is 17.7 Å². The molecule has 2 bridgehead atoms. The van der Waals surface area contributed by atoms with E-state index in [1.807, 2.05) is 24.3 Å². The SMILES string of the molecule is CN(C)CC1(COc2nc(N3CC4CC(O)C(C4)C3)c3cc(Cl)c(-c4cc(O)cc5ccccc45)c(F)c3n2)CC1. The van der Waals surface area contributed by atoms with Crippen LogP contribution in [0.2, 0.25) is 5.02 Å². The maximum Gasteiger partial charge on any atom is 0.319 e. The van der Waals surface area contributed by atoms with E-state index in [1.165, 1.54) is 0 Å². The van der Waals surface area contributed by atoms with E-state index in [0.717, 1.165) is 49.5 Å². The second-order valence-corrected chi connectivity index (χ2v) is 13.0. The first kappa shape index (κ1) is 26.7. The molecule has 3 unspecified atom stereocenters. The van der Waals surface area contributed by atoms with Crippen LogP contribution in [0.4, 0.5) is 10.2 Å². The maximum atomic E-state index is 16.7. The predicted molar refractivity (Wildman–Crippen MR) is 159 cm³/mol. The minimum atomic E-state index is -0.578. The zero-order valence-corrected chi connectivity index (χ0v) is 24.0. The highest BCUT2D eigenvalue weighted by molar-refractivity contribution is 6.35. The lowest BCUT2D eigenvalue weighted by molar-refractivity contribution is 0.137. The third-order valence-corrected chi connectivity index (χ3v) is 9.36. The average molecular weight is 577 g/mol. The van der Waals surface area contributed by atoms with Crippen LogP contribution in [0.1, 0.15) is 25.7 Å². The van der Waals surface area contributed by atoms with Crippen LogP contribution in [0, 0.1) is 23.1 Å². The highest BCUT2D eigenvalue weighted by Gasteiger charge is 2.44. The largest absolute Gasteiger partial charge is 0.508 e. The molecule has 1 saturated heterocycles. The predicted octanol–water partition coefficient (Wildman–Crippen LogP) is 5.88. The normalized spacial score (nSPS) is 23.1. The van der Waals surface area contributed by atoms with E-state index in [0.29, 0.717) is 35.8 Å². The third kappa shape index (κ3) is 4.86. The van der Waals surface area contributed by atoms with Gasteiger partial charge in [-0.1, -0.05) is 35.9 Å². The number of aromatic hydroxyl groups is 1. The molecule has 7 nitrogen and oxygen atoms in total. The van der Waals surface area contributed by atoms with E-state index >= 15 is 4.39 Å². The summed E-state index contributed by atoms with van der Waals surface area (Å²) in [5, 5.41) is 23.3. The van der Waals surface area contributed by atoms with Crippen molar-refractivity contribution in [2.24, 2.45) is 17.3 Å². The van der Waals surface area contributed by atoms with Gasteiger partial charge < -0.3 is 24.7 Å². The van der Waals surface area contributed by atoms with Crippen LogP contribution in [0.15, 0.2) is 42.5 Å². The quantitative estimate of drug-likeness (QED) is 0.284. The Balaban J connectivity index is 1.37. The van der Waals surface area contributed by atoms with Crippen molar-refractivity contribution in [2.75, 3.05) is 45.2 Å². The van der Waals surface area contributed by atoms with Crippen molar-refractivity contribution in [2.45, 2.75) is 31.8 Å². The second-order valence-electron chi connectivity index (χ2n) is 12.6. The molecule has 7 rings (SSSR count). The fourth-order valence-corrected chi connectivity index (χ4v) is 7.32. The summed E-state index contributed by atoms with van der Waals surface area (Å²) >= 11 is 6.85. The van der Waals surface area contributed by atoms with Gasteiger partial charge in [-0.3, -0.25) is 0 Å². The number of nitrogens with zero attached hydrogens (tertiary/aromatic N) is 4. The molecule has 2 aliphatic carbocycles. The smallest absolute Gasteiger partial charge is 0.319 e. The van der Waals surface area contributed by atoms with E-state index < -0.39 is 5.82 Å². The molecule has 9 heteroatoms. The molecule has 0 radical (unpaired) electrons. The molecule has 0 amide bonds. The van der Waals surface area contributed by atoms with E-state index in [2.05, 4.69) is 28.9 Å². The lowest BCUT2D eigenvalue weighted by atomic mass is 9.95. The molecule has 3 aromatic carbocycles. The molecular formula is C32H34ClFN4O3. The molecular weight excluding hydrogens is 543 g/mol. The number of rotatable bonds is 7. The molecule has 1 aromatic heterocycles. The minimum absolute atomic E-state index is 0.0274. The van der Waals surface area contributed by atoms with E-state index in [-0.39, 0.29) is 45.3 Å². The Hall–Kier alpha value is -3.20. The van der Waals surface area contributed by atoms with Gasteiger partial charge >= 0.3 is 6.01 Å². The Bertz CT molecular complexity index is 1660. The van der Waals surface area contributed by atoms with E-state index in [9.17, 15) is 10.2 Å². The third-order valence-electron chi connectivity index (χ3n) is 9.06. The molecule has 41 heavy (non-hydrogen) atoms. The number of fused-ring (bicyclic) bond motifs is 4. The number of phenols is 1. The topological polar surface area (TPSA) is 82.0 Å². The fourth-order valence-electron chi connectivity index (χ4n) is 7.03. The molecule has 4 aromatic rings. The number of aliphatic hydroxyl groups is 1. The Kier molecular flexibility index (Phi) is 6.48. The first-order chi connectivity index (χ1) is 19.7. The summed E-state index contributed by atoms with van der Waals surface area (Å²) in [7, 11) is 4.10. The van der Waals surface area contributed by atoms with Crippen molar-refractivity contribution in [1.82, 2.24) is 14.9 Å². The Morgan fingerprint density at radius 1 is 1.10 bits per heavy atom. The second kappa shape index (κ2) is 9.96. The summed E-state index contributed by atoms with van der Waals surface area (Å²) in [6, 6.07) is 12.6. The van der Waals surface area contributed by atoms with Gasteiger partial charge in [-0.05, 0) is 80.2 Å². The highest BCUT2D eigenvalue weighted by atomic mass is 35.5. The van der Waals surface area contributed by atoms with Gasteiger partial charge in [0, 0.05) is 41.9 Å². The summed E-state index contributed by atoms with van der Waals surface area (Å²) < 4.78 is 22.9. The number of halogens is 2. The number of hydrogen-bond acceptors (Lipinski definition) is 7. The van der Waals surface area contributed by atoms with Gasteiger partial charge in [0.1, 0.15) is 17.1 Å².